The predicted octanol–water partition coefficient (Wildman–Crippen LogP) is 4.82. The van der Waals surface area contributed by atoms with Gasteiger partial charge >= 0.3 is 12.2 Å². The van der Waals surface area contributed by atoms with Crippen molar-refractivity contribution in [2.24, 2.45) is 10.8 Å². The van der Waals surface area contributed by atoms with Crippen molar-refractivity contribution >= 4 is 47.0 Å². The summed E-state index contributed by atoms with van der Waals surface area (Å²) in [5.41, 5.74) is -2.37. The van der Waals surface area contributed by atoms with Gasteiger partial charge in [-0.3, -0.25) is 9.69 Å². The first-order chi connectivity index (χ1) is 16.5. The topological polar surface area (TPSA) is 105 Å². The van der Waals surface area contributed by atoms with Gasteiger partial charge < -0.3 is 24.9 Å². The number of rotatable bonds is 2. The van der Waals surface area contributed by atoms with Gasteiger partial charge in [-0.2, -0.15) is 0 Å². The van der Waals surface area contributed by atoms with Gasteiger partial charge in [0.15, 0.2) is 5.54 Å². The van der Waals surface area contributed by atoms with E-state index in [1.807, 2.05) is 47.6 Å². The Balaban J connectivity index is 2.05. The Hall–Kier alpha value is -2.39. The minimum atomic E-state index is -1.63. The molecule has 0 spiro atoms. The molecule has 3 amide bonds. The van der Waals surface area contributed by atoms with Gasteiger partial charge in [-0.25, -0.2) is 9.59 Å². The summed E-state index contributed by atoms with van der Waals surface area (Å²) in [5, 5.41) is 21.3. The monoisotopic (exact) mass is 542 g/mol. The van der Waals surface area contributed by atoms with Crippen LogP contribution in [-0.4, -0.2) is 93.9 Å². The normalized spacial score (nSPS) is 23.6. The molecule has 1 aromatic carbocycles. The van der Waals surface area contributed by atoms with Crippen LogP contribution in [0.3, 0.4) is 0 Å². The van der Waals surface area contributed by atoms with Crippen molar-refractivity contribution in [3.8, 4) is 0 Å². The van der Waals surface area contributed by atoms with E-state index in [-0.39, 0.29) is 19.0 Å². The summed E-state index contributed by atoms with van der Waals surface area (Å²) in [6.45, 7) is 12.7. The van der Waals surface area contributed by atoms with Crippen molar-refractivity contribution in [3.05, 3.63) is 28.2 Å². The fourth-order valence-corrected chi connectivity index (χ4v) is 6.18. The number of carbonyl (C=O) groups is 3. The molecule has 200 valence electrons. The second-order valence-electron chi connectivity index (χ2n) is 11.6. The first-order valence-corrected chi connectivity index (χ1v) is 12.8. The molecule has 0 aliphatic carbocycles. The molecule has 0 saturated carbocycles. The first kappa shape index (κ1) is 28.2. The van der Waals surface area contributed by atoms with Crippen LogP contribution in [-0.2, 0) is 4.79 Å². The van der Waals surface area contributed by atoms with Crippen LogP contribution in [0.2, 0.25) is 10.0 Å². The molecule has 36 heavy (non-hydrogen) atoms. The van der Waals surface area contributed by atoms with E-state index < -0.39 is 34.6 Å². The van der Waals surface area contributed by atoms with Crippen LogP contribution >= 0.6 is 23.2 Å². The maximum Gasteiger partial charge on any atom is 0.408 e. The highest BCUT2D eigenvalue weighted by molar-refractivity contribution is 6.42. The molecule has 0 aromatic heterocycles. The van der Waals surface area contributed by atoms with Crippen LogP contribution in [0, 0.1) is 10.8 Å². The first-order valence-electron chi connectivity index (χ1n) is 12.0. The zero-order valence-corrected chi connectivity index (χ0v) is 23.2. The molecule has 2 aliphatic rings. The fourth-order valence-electron chi connectivity index (χ4n) is 5.89. The van der Waals surface area contributed by atoms with Crippen molar-refractivity contribution in [1.29, 1.82) is 0 Å². The molecule has 1 unspecified atom stereocenters. The number of halogens is 2. The highest BCUT2D eigenvalue weighted by atomic mass is 35.5. The molecule has 9 nitrogen and oxygen atoms in total. The average Bonchev–Trinajstić information content (AvgIpc) is 2.77. The molecule has 2 N–H and O–H groups in total. The third kappa shape index (κ3) is 4.79. The highest BCUT2D eigenvalue weighted by Gasteiger charge is 2.67. The molecule has 2 fully saturated rings. The number of carbonyl (C=O) groups excluding carboxylic acids is 1. The zero-order valence-electron chi connectivity index (χ0n) is 21.7. The van der Waals surface area contributed by atoms with Gasteiger partial charge in [-0.1, -0.05) is 64.7 Å². The van der Waals surface area contributed by atoms with E-state index in [1.54, 1.807) is 17.0 Å². The second-order valence-corrected chi connectivity index (χ2v) is 12.4. The summed E-state index contributed by atoms with van der Waals surface area (Å²) in [4.78, 5) is 45.7. The van der Waals surface area contributed by atoms with Gasteiger partial charge in [0.25, 0.3) is 5.91 Å². The van der Waals surface area contributed by atoms with Gasteiger partial charge in [0.1, 0.15) is 0 Å². The van der Waals surface area contributed by atoms with Crippen molar-refractivity contribution in [1.82, 2.24) is 14.7 Å². The van der Waals surface area contributed by atoms with Gasteiger partial charge in [0.2, 0.25) is 0 Å². The molecule has 2 saturated heterocycles. The summed E-state index contributed by atoms with van der Waals surface area (Å²) in [6, 6.07) is 4.49. The van der Waals surface area contributed by atoms with E-state index in [2.05, 4.69) is 4.90 Å². The molecule has 0 radical (unpaired) electrons. The summed E-state index contributed by atoms with van der Waals surface area (Å²) in [5.74, 6) is -0.364. The average molecular weight is 543 g/mol. The van der Waals surface area contributed by atoms with Crippen LogP contribution in [0.25, 0.3) is 0 Å². The Morgan fingerprint density at radius 2 is 1.44 bits per heavy atom. The van der Waals surface area contributed by atoms with Crippen LogP contribution in [0.1, 0.15) is 41.5 Å². The number of piperazine rings is 2. The Morgan fingerprint density at radius 3 is 1.89 bits per heavy atom. The number of carboxylic acid groups (broad SMARTS) is 2. The third-order valence-electron chi connectivity index (χ3n) is 7.30. The highest BCUT2D eigenvalue weighted by Crippen LogP contribution is 2.50. The van der Waals surface area contributed by atoms with E-state index in [9.17, 15) is 24.6 Å². The second kappa shape index (κ2) is 9.82. The standard InChI is InChI=1S/C25H36Cl2N4O5/c1-23(2,3)19-25(24(4,5)6,31(22(35)36)14-13-30(19)21(33)34)20(32)29-11-9-28(10-12-29)16-7-8-17(26)18(27)15-16/h7-8,15,19H,9-14H2,1-6H3,(H,33,34)(H,35,36)/t19?,25-/m1/s1. The minimum Gasteiger partial charge on any atom is -0.465 e. The molecular formula is C25H36Cl2N4O5. The number of nitrogens with zero attached hydrogens (tertiary/aromatic N) is 4. The fraction of sp³-hybridized carbons (Fsp3) is 0.640. The van der Waals surface area contributed by atoms with Gasteiger partial charge in [0, 0.05) is 45.0 Å². The number of amides is 3. The van der Waals surface area contributed by atoms with Crippen LogP contribution in [0.15, 0.2) is 18.2 Å². The molecule has 11 heteroatoms. The molecule has 3 rings (SSSR count). The maximum absolute atomic E-state index is 14.5. The molecule has 0 bridgehead atoms. The Morgan fingerprint density at radius 1 is 0.861 bits per heavy atom. The van der Waals surface area contributed by atoms with Crippen molar-refractivity contribution in [3.63, 3.8) is 0 Å². The molecule has 2 aliphatic heterocycles. The van der Waals surface area contributed by atoms with Crippen LogP contribution in [0.5, 0.6) is 0 Å². The lowest BCUT2D eigenvalue weighted by Crippen LogP contribution is -2.82. The van der Waals surface area contributed by atoms with Gasteiger partial charge in [-0.05, 0) is 29.0 Å². The van der Waals surface area contributed by atoms with Crippen LogP contribution in [0.4, 0.5) is 15.3 Å². The Kier molecular flexibility index (Phi) is 7.69. The van der Waals surface area contributed by atoms with Gasteiger partial charge in [0.05, 0.1) is 16.1 Å². The summed E-state index contributed by atoms with van der Waals surface area (Å²) in [7, 11) is 0. The maximum atomic E-state index is 14.5. The number of hydrogen-bond donors (Lipinski definition) is 2. The van der Waals surface area contributed by atoms with E-state index >= 15 is 0 Å². The molecule has 2 heterocycles. The summed E-state index contributed by atoms with van der Waals surface area (Å²) < 4.78 is 0. The molecule has 2 atom stereocenters. The van der Waals surface area contributed by atoms with Crippen molar-refractivity contribution in [2.45, 2.75) is 53.1 Å². The number of anilines is 1. The quantitative estimate of drug-likeness (QED) is 0.555. The largest absolute Gasteiger partial charge is 0.465 e. The van der Waals surface area contributed by atoms with Crippen LogP contribution < -0.4 is 4.90 Å². The lowest BCUT2D eigenvalue weighted by molar-refractivity contribution is -0.173. The van der Waals surface area contributed by atoms with E-state index in [0.717, 1.165) is 5.69 Å². The Bertz CT molecular complexity index is 1030. The smallest absolute Gasteiger partial charge is 0.408 e. The summed E-state index contributed by atoms with van der Waals surface area (Å²) in [6.07, 6.45) is -2.39. The SMILES string of the molecule is CC(C)(C)C1N(C(=O)O)CCN(C(=O)O)[C@]1(C(=O)N1CCN(c2ccc(Cl)c(Cl)c2)CC1)C(C)(C)C. The van der Waals surface area contributed by atoms with Gasteiger partial charge in [-0.15, -0.1) is 0 Å². The predicted molar refractivity (Wildman–Crippen MR) is 140 cm³/mol. The molecular weight excluding hydrogens is 507 g/mol. The lowest BCUT2D eigenvalue weighted by atomic mass is 9.59. The summed E-state index contributed by atoms with van der Waals surface area (Å²) >= 11 is 12.2. The third-order valence-corrected chi connectivity index (χ3v) is 8.04. The zero-order chi connectivity index (χ0) is 27.2. The van der Waals surface area contributed by atoms with Crippen molar-refractivity contribution < 1.29 is 24.6 Å². The Labute approximate surface area is 222 Å². The minimum absolute atomic E-state index is 0.000214. The molecule has 1 aromatic rings. The van der Waals surface area contributed by atoms with E-state index in [0.29, 0.717) is 36.2 Å². The van der Waals surface area contributed by atoms with Crippen molar-refractivity contribution in [2.75, 3.05) is 44.2 Å². The lowest BCUT2D eigenvalue weighted by Gasteiger charge is -2.63. The number of hydrogen-bond acceptors (Lipinski definition) is 4. The van der Waals surface area contributed by atoms with E-state index in [1.165, 1.54) is 9.80 Å². The number of benzene rings is 1. The van der Waals surface area contributed by atoms with E-state index in [4.69, 9.17) is 23.2 Å².